The van der Waals surface area contributed by atoms with Crippen molar-refractivity contribution in [3.05, 3.63) is 73.7 Å². The van der Waals surface area contributed by atoms with Crippen molar-refractivity contribution in [2.24, 2.45) is 0 Å². The molecule has 142 valence electrons. The summed E-state index contributed by atoms with van der Waals surface area (Å²) < 4.78 is 38.5. The quantitative estimate of drug-likeness (QED) is 0.436. The van der Waals surface area contributed by atoms with Gasteiger partial charge in [-0.05, 0) is 36.4 Å². The first-order valence-corrected chi connectivity index (χ1v) is 8.28. The number of halogens is 5. The Kier molecular flexibility index (Phi) is 5.06. The van der Waals surface area contributed by atoms with Gasteiger partial charge in [-0.2, -0.15) is 18.4 Å². The number of alkyl halides is 3. The Morgan fingerprint density at radius 3 is 2.50 bits per heavy atom. The number of aromatic amines is 1. The third kappa shape index (κ3) is 3.67. The summed E-state index contributed by atoms with van der Waals surface area (Å²) in [6.07, 6.45) is -4.62. The van der Waals surface area contributed by atoms with Crippen molar-refractivity contribution in [1.29, 1.82) is 5.26 Å². The third-order valence-corrected chi connectivity index (χ3v) is 4.35. The molecule has 2 N–H and O–H groups in total. The molecule has 10 heteroatoms. The second kappa shape index (κ2) is 7.19. The molecule has 0 radical (unpaired) electrons. The molecule has 0 fully saturated rings. The van der Waals surface area contributed by atoms with Crippen molar-refractivity contribution in [3.63, 3.8) is 0 Å². The summed E-state index contributed by atoms with van der Waals surface area (Å²) in [5.41, 5.74) is -2.32. The summed E-state index contributed by atoms with van der Waals surface area (Å²) in [5, 5.41) is 19.9. The van der Waals surface area contributed by atoms with E-state index in [0.717, 1.165) is 12.1 Å². The standard InChI is InChI=1S/C18H8Cl2F3N3O2/c19-9-2-3-10(13(20)6-9)15(27)12(7-24)16-25-14-4-1-8(18(21,22)23)5-11(14)17(28)26-16/h1-6,27H,(H,25,26,28). The summed E-state index contributed by atoms with van der Waals surface area (Å²) in [6, 6.07) is 8.30. The number of nitrogens with zero attached hydrogens (tertiary/aromatic N) is 2. The van der Waals surface area contributed by atoms with Crippen molar-refractivity contribution < 1.29 is 18.3 Å². The second-order valence-electron chi connectivity index (χ2n) is 5.60. The molecule has 3 rings (SSSR count). The number of nitriles is 1. The SMILES string of the molecule is N#CC(=C(O)c1ccc(Cl)cc1Cl)c1nc2ccc(C(F)(F)F)cc2c(=O)[nH]1. The zero-order valence-corrected chi connectivity index (χ0v) is 15.1. The highest BCUT2D eigenvalue weighted by atomic mass is 35.5. The lowest BCUT2D eigenvalue weighted by Crippen LogP contribution is -2.14. The first-order chi connectivity index (χ1) is 13.1. The van der Waals surface area contributed by atoms with E-state index in [4.69, 9.17) is 23.2 Å². The van der Waals surface area contributed by atoms with Gasteiger partial charge in [-0.3, -0.25) is 4.79 Å². The van der Waals surface area contributed by atoms with Crippen LogP contribution in [0.25, 0.3) is 22.2 Å². The summed E-state index contributed by atoms with van der Waals surface area (Å²) >= 11 is 11.8. The molecular weight excluding hydrogens is 418 g/mol. The molecule has 0 unspecified atom stereocenters. The number of benzene rings is 2. The molecule has 0 aliphatic heterocycles. The molecule has 1 aromatic heterocycles. The molecule has 2 aromatic carbocycles. The lowest BCUT2D eigenvalue weighted by Gasteiger charge is -2.09. The van der Waals surface area contributed by atoms with Crippen molar-refractivity contribution in [1.82, 2.24) is 9.97 Å². The molecule has 0 aliphatic rings. The Morgan fingerprint density at radius 2 is 1.89 bits per heavy atom. The fourth-order valence-corrected chi connectivity index (χ4v) is 2.97. The lowest BCUT2D eigenvalue weighted by atomic mass is 10.1. The molecule has 5 nitrogen and oxygen atoms in total. The average molecular weight is 426 g/mol. The van der Waals surface area contributed by atoms with Gasteiger partial charge in [-0.15, -0.1) is 0 Å². The van der Waals surface area contributed by atoms with E-state index in [1.54, 1.807) is 6.07 Å². The van der Waals surface area contributed by atoms with Gasteiger partial charge in [0.05, 0.1) is 21.5 Å². The van der Waals surface area contributed by atoms with Crippen LogP contribution in [0.3, 0.4) is 0 Å². The average Bonchev–Trinajstić information content (AvgIpc) is 2.61. The number of aliphatic hydroxyl groups excluding tert-OH is 1. The van der Waals surface area contributed by atoms with Gasteiger partial charge in [0.25, 0.3) is 5.56 Å². The predicted octanol–water partition coefficient (Wildman–Crippen LogP) is 5.20. The van der Waals surface area contributed by atoms with Crippen molar-refractivity contribution in [2.45, 2.75) is 6.18 Å². The zero-order valence-electron chi connectivity index (χ0n) is 13.6. The highest BCUT2D eigenvalue weighted by molar-refractivity contribution is 6.35. The highest BCUT2D eigenvalue weighted by Crippen LogP contribution is 2.32. The van der Waals surface area contributed by atoms with Gasteiger partial charge in [0.15, 0.2) is 5.82 Å². The molecule has 0 bridgehead atoms. The third-order valence-electron chi connectivity index (χ3n) is 3.80. The number of H-pyrrole nitrogens is 1. The molecular formula is C18H8Cl2F3N3O2. The largest absolute Gasteiger partial charge is 0.506 e. The van der Waals surface area contributed by atoms with Crippen LogP contribution in [0.15, 0.2) is 41.2 Å². The van der Waals surface area contributed by atoms with Crippen LogP contribution < -0.4 is 5.56 Å². The fraction of sp³-hybridized carbons (Fsp3) is 0.0556. The number of hydrogen-bond donors (Lipinski definition) is 2. The molecule has 28 heavy (non-hydrogen) atoms. The van der Waals surface area contributed by atoms with Gasteiger partial charge >= 0.3 is 6.18 Å². The van der Waals surface area contributed by atoms with Gasteiger partial charge in [-0.1, -0.05) is 23.2 Å². The minimum Gasteiger partial charge on any atom is -0.506 e. The first kappa shape index (κ1) is 19.7. The van der Waals surface area contributed by atoms with E-state index in [0.29, 0.717) is 11.1 Å². The minimum absolute atomic E-state index is 0.0516. The van der Waals surface area contributed by atoms with Crippen molar-refractivity contribution in [2.75, 3.05) is 0 Å². The highest BCUT2D eigenvalue weighted by Gasteiger charge is 2.31. The van der Waals surface area contributed by atoms with Crippen molar-refractivity contribution in [3.8, 4) is 6.07 Å². The van der Waals surface area contributed by atoms with Crippen LogP contribution in [0.1, 0.15) is 17.0 Å². The molecule has 0 atom stereocenters. The number of aliphatic hydroxyl groups is 1. The number of aromatic nitrogens is 2. The zero-order chi connectivity index (χ0) is 20.6. The van der Waals surface area contributed by atoms with Gasteiger partial charge in [0.2, 0.25) is 0 Å². The maximum absolute atomic E-state index is 12.8. The number of nitrogens with one attached hydrogen (secondary N) is 1. The maximum Gasteiger partial charge on any atom is 0.416 e. The number of hydrogen-bond acceptors (Lipinski definition) is 4. The van der Waals surface area contributed by atoms with Gasteiger partial charge in [0, 0.05) is 10.6 Å². The molecule has 0 aliphatic carbocycles. The lowest BCUT2D eigenvalue weighted by molar-refractivity contribution is -0.137. The van der Waals surface area contributed by atoms with Crippen LogP contribution in [0.4, 0.5) is 13.2 Å². The van der Waals surface area contributed by atoms with E-state index < -0.39 is 28.6 Å². The van der Waals surface area contributed by atoms with Crippen LogP contribution in [-0.2, 0) is 6.18 Å². The van der Waals surface area contributed by atoms with Gasteiger partial charge in [0.1, 0.15) is 17.4 Å². The maximum atomic E-state index is 12.8. The molecule has 0 amide bonds. The smallest absolute Gasteiger partial charge is 0.416 e. The van der Waals surface area contributed by atoms with E-state index in [2.05, 4.69) is 9.97 Å². The molecule has 3 aromatic rings. The van der Waals surface area contributed by atoms with E-state index in [-0.39, 0.29) is 27.3 Å². The monoisotopic (exact) mass is 425 g/mol. The van der Waals surface area contributed by atoms with E-state index >= 15 is 0 Å². The topological polar surface area (TPSA) is 89.8 Å². The van der Waals surface area contributed by atoms with Crippen LogP contribution in [0, 0.1) is 11.3 Å². The van der Waals surface area contributed by atoms with Crippen LogP contribution in [-0.4, -0.2) is 15.1 Å². The van der Waals surface area contributed by atoms with Crippen LogP contribution in [0.5, 0.6) is 0 Å². The Morgan fingerprint density at radius 1 is 1.18 bits per heavy atom. The number of allylic oxidation sites excluding steroid dienone is 1. The Labute approximate surface area is 165 Å². The van der Waals surface area contributed by atoms with Crippen LogP contribution in [0.2, 0.25) is 10.0 Å². The number of fused-ring (bicyclic) bond motifs is 1. The molecule has 0 saturated heterocycles. The van der Waals surface area contributed by atoms with E-state index in [1.165, 1.54) is 18.2 Å². The Balaban J connectivity index is 2.21. The molecule has 0 spiro atoms. The second-order valence-corrected chi connectivity index (χ2v) is 6.45. The van der Waals surface area contributed by atoms with E-state index in [1.807, 2.05) is 0 Å². The summed E-state index contributed by atoms with van der Waals surface area (Å²) in [7, 11) is 0. The predicted molar refractivity (Wildman–Crippen MR) is 98.9 cm³/mol. The Bertz CT molecular complexity index is 1230. The fourth-order valence-electron chi connectivity index (χ4n) is 2.47. The summed E-state index contributed by atoms with van der Waals surface area (Å²) in [4.78, 5) is 18.5. The van der Waals surface area contributed by atoms with E-state index in [9.17, 15) is 28.3 Å². The molecule has 1 heterocycles. The number of rotatable bonds is 2. The Hall–Kier alpha value is -3.02. The van der Waals surface area contributed by atoms with Gasteiger partial charge in [-0.25, -0.2) is 4.98 Å². The molecule has 0 saturated carbocycles. The normalized spacial score (nSPS) is 12.6. The first-order valence-electron chi connectivity index (χ1n) is 7.52. The summed E-state index contributed by atoms with van der Waals surface area (Å²) in [5.74, 6) is -0.887. The van der Waals surface area contributed by atoms with Crippen molar-refractivity contribution >= 4 is 45.4 Å². The minimum atomic E-state index is -4.62. The summed E-state index contributed by atoms with van der Waals surface area (Å²) in [6.45, 7) is 0. The van der Waals surface area contributed by atoms with Crippen LogP contribution >= 0.6 is 23.2 Å². The van der Waals surface area contributed by atoms with Gasteiger partial charge < -0.3 is 10.1 Å².